The molecule has 0 aliphatic rings. The van der Waals surface area contributed by atoms with E-state index in [2.05, 4.69) is 0 Å². The van der Waals surface area contributed by atoms with Crippen molar-refractivity contribution in [1.29, 1.82) is 0 Å². The second-order valence-electron chi connectivity index (χ2n) is 7.17. The average molecular weight is 625 g/mol. The third-order valence-corrected chi connectivity index (χ3v) is 7.72. The molecule has 0 radical (unpaired) electrons. The molecular weight excluding hydrogens is 609 g/mol. The van der Waals surface area contributed by atoms with E-state index in [0.29, 0.717) is 0 Å². The van der Waals surface area contributed by atoms with E-state index in [-0.39, 0.29) is 6.04 Å². The number of nitrogens with one attached hydrogen (secondary N) is 1. The fraction of sp³-hybridized carbons (Fsp3) is 0.933. The Labute approximate surface area is 201 Å². The Morgan fingerprint density at radius 3 is 1.21 bits per heavy atom. The van der Waals surface area contributed by atoms with Crippen molar-refractivity contribution in [3.8, 4) is 0 Å². The molecule has 0 fully saturated rings. The highest BCUT2D eigenvalue weighted by atomic mass is 28.4. The van der Waals surface area contributed by atoms with Gasteiger partial charge in [0.05, 0.1) is 0 Å². The predicted octanol–water partition coefficient (Wildman–Crippen LogP) is 5.38. The lowest BCUT2D eigenvalue weighted by atomic mass is 9.89. The Kier molecular flexibility index (Phi) is 10.3. The maximum Gasteiger partial charge on any atom is 0.500 e. The van der Waals surface area contributed by atoms with E-state index in [9.17, 15) is 79.4 Å². The van der Waals surface area contributed by atoms with Crippen LogP contribution in [0.1, 0.15) is 6.42 Å². The van der Waals surface area contributed by atoms with Crippen molar-refractivity contribution in [2.24, 2.45) is 0 Å². The first-order chi connectivity index (χ1) is 16.6. The molecule has 0 aliphatic carbocycles. The zero-order valence-corrected chi connectivity index (χ0v) is 19.7. The van der Waals surface area contributed by atoms with Crippen LogP contribution in [0.25, 0.3) is 0 Å². The molecular formula is C15H16F17NO4Si. The Hall–Kier alpha value is -1.62. The van der Waals surface area contributed by atoms with Gasteiger partial charge in [-0.3, -0.25) is 4.79 Å². The monoisotopic (exact) mass is 625 g/mol. The molecule has 0 unspecified atom stereocenters. The number of halogens is 17. The Morgan fingerprint density at radius 1 is 0.579 bits per heavy atom. The normalized spacial score (nSPS) is 15.6. The minimum absolute atomic E-state index is 0.387. The van der Waals surface area contributed by atoms with E-state index in [0.717, 1.165) is 26.6 Å². The summed E-state index contributed by atoms with van der Waals surface area (Å²) >= 11 is 0. The summed E-state index contributed by atoms with van der Waals surface area (Å²) in [7, 11) is -0.417. The van der Waals surface area contributed by atoms with Crippen LogP contribution < -0.4 is 5.32 Å². The van der Waals surface area contributed by atoms with E-state index in [1.807, 2.05) is 0 Å². The van der Waals surface area contributed by atoms with Crippen LogP contribution in [0, 0.1) is 0 Å². The van der Waals surface area contributed by atoms with Crippen LogP contribution in [-0.4, -0.2) is 90.2 Å². The second-order valence-corrected chi connectivity index (χ2v) is 10.3. The minimum Gasteiger partial charge on any atom is -0.377 e. The van der Waals surface area contributed by atoms with Gasteiger partial charge in [0.1, 0.15) is 0 Å². The lowest BCUT2D eigenvalue weighted by Crippen LogP contribution is -2.75. The van der Waals surface area contributed by atoms with E-state index in [1.165, 1.54) is 0 Å². The summed E-state index contributed by atoms with van der Waals surface area (Å²) in [4.78, 5) is 11.3. The van der Waals surface area contributed by atoms with Crippen molar-refractivity contribution in [2.75, 3.05) is 27.9 Å². The highest BCUT2D eigenvalue weighted by Gasteiger charge is 2.95. The van der Waals surface area contributed by atoms with Gasteiger partial charge in [-0.2, -0.15) is 74.6 Å². The fourth-order valence-corrected chi connectivity index (χ4v) is 4.20. The average Bonchev–Trinajstić information content (AvgIpc) is 2.77. The molecule has 23 heteroatoms. The van der Waals surface area contributed by atoms with Gasteiger partial charge in [0.25, 0.3) is 5.91 Å². The number of hydrogen-bond acceptors (Lipinski definition) is 4. The van der Waals surface area contributed by atoms with Crippen LogP contribution >= 0.6 is 0 Å². The summed E-state index contributed by atoms with van der Waals surface area (Å²) in [6.45, 7) is -1.18. The van der Waals surface area contributed by atoms with Crippen molar-refractivity contribution >= 4 is 14.7 Å². The predicted molar refractivity (Wildman–Crippen MR) is 89.9 cm³/mol. The number of carbonyl (C=O) groups is 1. The third kappa shape index (κ3) is 5.38. The van der Waals surface area contributed by atoms with Crippen molar-refractivity contribution in [1.82, 2.24) is 5.32 Å². The van der Waals surface area contributed by atoms with Crippen LogP contribution in [0.5, 0.6) is 0 Å². The summed E-state index contributed by atoms with van der Waals surface area (Å²) in [5.41, 5.74) is 0. The highest BCUT2D eigenvalue weighted by molar-refractivity contribution is 6.60. The number of carbonyl (C=O) groups excluding carboxylic acids is 1. The molecule has 1 amide bonds. The van der Waals surface area contributed by atoms with Crippen molar-refractivity contribution in [2.45, 2.75) is 60.1 Å². The van der Waals surface area contributed by atoms with Crippen LogP contribution in [0.2, 0.25) is 6.04 Å². The Balaban J connectivity index is 6.21. The molecule has 0 aliphatic heterocycles. The van der Waals surface area contributed by atoms with Gasteiger partial charge in [-0.15, -0.1) is 0 Å². The Bertz CT molecular complexity index is 820. The lowest BCUT2D eigenvalue weighted by molar-refractivity contribution is -0.459. The quantitative estimate of drug-likeness (QED) is 0.160. The minimum atomic E-state index is -8.76. The number of alkyl halides is 17. The van der Waals surface area contributed by atoms with Gasteiger partial charge in [-0.05, 0) is 6.42 Å². The summed E-state index contributed by atoms with van der Waals surface area (Å²) in [5, 5.41) is 0.815. The molecule has 38 heavy (non-hydrogen) atoms. The van der Waals surface area contributed by atoms with Crippen molar-refractivity contribution in [3.05, 3.63) is 0 Å². The van der Waals surface area contributed by atoms with Crippen LogP contribution in [-0.2, 0) is 18.1 Å². The molecule has 0 aromatic rings. The van der Waals surface area contributed by atoms with Crippen LogP contribution in [0.4, 0.5) is 74.6 Å². The summed E-state index contributed by atoms with van der Waals surface area (Å²) in [6.07, 6.45) is -8.43. The molecule has 1 N–H and O–H groups in total. The molecule has 228 valence electrons. The van der Waals surface area contributed by atoms with E-state index in [4.69, 9.17) is 13.3 Å². The van der Waals surface area contributed by atoms with Crippen molar-refractivity contribution < 1.29 is 92.7 Å². The third-order valence-electron chi connectivity index (χ3n) is 4.89. The molecule has 0 aromatic heterocycles. The van der Waals surface area contributed by atoms with E-state index in [1.54, 1.807) is 0 Å². The highest BCUT2D eigenvalue weighted by Crippen LogP contribution is 2.63. The summed E-state index contributed by atoms with van der Waals surface area (Å²) < 4.78 is 239. The zero-order valence-electron chi connectivity index (χ0n) is 18.7. The summed E-state index contributed by atoms with van der Waals surface area (Å²) in [5.74, 6) is -61.7. The van der Waals surface area contributed by atoms with Gasteiger partial charge in [-0.25, -0.2) is 0 Å². The lowest BCUT2D eigenvalue weighted by Gasteiger charge is -2.42. The van der Waals surface area contributed by atoms with Crippen LogP contribution in [0.3, 0.4) is 0 Å². The van der Waals surface area contributed by atoms with Gasteiger partial charge in [0.2, 0.25) is 0 Å². The largest absolute Gasteiger partial charge is 0.500 e. The first-order valence-corrected chi connectivity index (χ1v) is 11.1. The second kappa shape index (κ2) is 10.7. The first kappa shape index (κ1) is 36.4. The molecule has 0 atom stereocenters. The smallest absolute Gasteiger partial charge is 0.377 e. The number of amides is 1. The van der Waals surface area contributed by atoms with Gasteiger partial charge in [0.15, 0.2) is 0 Å². The zero-order chi connectivity index (χ0) is 31.0. The van der Waals surface area contributed by atoms with Gasteiger partial charge in [0, 0.05) is 33.9 Å². The first-order valence-electron chi connectivity index (χ1n) is 9.21. The SMILES string of the molecule is CO[Si](CCCNC(=O)C(F)(F)C(F)(F)C(F)(F)C(F)(F)C(F)(F)C(F)(F)C(F)(F)C(F)(F)F)(OC)OC. The number of hydrogen-bond donors (Lipinski definition) is 1. The molecule has 0 heterocycles. The molecule has 0 rings (SSSR count). The molecule has 0 saturated heterocycles. The number of rotatable bonds is 14. The topological polar surface area (TPSA) is 56.8 Å². The summed E-state index contributed by atoms with van der Waals surface area (Å²) in [6, 6.07) is -0.387. The molecule has 0 spiro atoms. The van der Waals surface area contributed by atoms with Crippen molar-refractivity contribution in [3.63, 3.8) is 0 Å². The maximum atomic E-state index is 13.8. The van der Waals surface area contributed by atoms with E-state index < -0.39 is 75.3 Å². The van der Waals surface area contributed by atoms with Gasteiger partial charge < -0.3 is 18.6 Å². The van der Waals surface area contributed by atoms with E-state index >= 15 is 0 Å². The Morgan fingerprint density at radius 2 is 0.895 bits per heavy atom. The molecule has 5 nitrogen and oxygen atoms in total. The molecule has 0 aromatic carbocycles. The molecule has 0 saturated carbocycles. The van der Waals surface area contributed by atoms with Gasteiger partial charge in [-0.1, -0.05) is 0 Å². The maximum absolute atomic E-state index is 13.8. The van der Waals surface area contributed by atoms with Crippen LogP contribution in [0.15, 0.2) is 0 Å². The fourth-order valence-electron chi connectivity index (χ4n) is 2.48. The standard InChI is InChI=1S/C15H16F17NO4Si/c1-35-38(36-2,37-3)6-4-5-33-7(34)8(16,17)9(18,19)10(20,21)11(22,23)12(24,25)13(26,27)14(28,29)15(30,31)32/h4-6H2,1-3H3,(H,33,34). The van der Waals surface area contributed by atoms with Gasteiger partial charge >= 0.3 is 56.4 Å². The molecule has 0 bridgehead atoms.